The molecule has 0 saturated heterocycles. The van der Waals surface area contributed by atoms with Crippen molar-refractivity contribution in [2.24, 2.45) is 0 Å². The molecule has 6 nitrogen and oxygen atoms in total. The van der Waals surface area contributed by atoms with Gasteiger partial charge in [0.05, 0.1) is 16.8 Å². The molecule has 0 atom stereocenters. The smallest absolute Gasteiger partial charge is 0.509 e. The third kappa shape index (κ3) is 7.75. The SMILES string of the molecule is [2H]C([2H])([2H])c1cccc(C([2H])([2H])[2H])c1-c1ccccc1[N+]1=C=[N+](c2[c-]c(Oc3[c-]c4c(cc3)c3cc(C)nc(C)c3n4-c3cc(C(C)(C)C)ccn3)cc(-c3c(C)cc(C)cc3C)c2)c2ccccc21.[Pt+2]. The summed E-state index contributed by atoms with van der Waals surface area (Å²) in [6.45, 7) is 11.7. The Morgan fingerprint density at radius 1 is 0.662 bits per heavy atom. The van der Waals surface area contributed by atoms with Crippen molar-refractivity contribution in [1.82, 2.24) is 23.7 Å². The molecule has 7 heteroatoms. The summed E-state index contributed by atoms with van der Waals surface area (Å²) in [6.07, 6.45) is 1.86. The van der Waals surface area contributed by atoms with Crippen molar-refractivity contribution in [3.05, 3.63) is 184 Å². The van der Waals surface area contributed by atoms with E-state index in [4.69, 9.17) is 22.9 Å². The molecule has 0 fully saturated rings. The summed E-state index contributed by atoms with van der Waals surface area (Å²) in [5, 5.41) is 2.04. The van der Waals surface area contributed by atoms with Gasteiger partial charge in [-0.25, -0.2) is 4.98 Å². The van der Waals surface area contributed by atoms with Crippen molar-refractivity contribution < 1.29 is 34.0 Å². The number of pyridine rings is 2. The second-order valence-electron chi connectivity index (χ2n) is 17.8. The molecule has 0 saturated carbocycles. The molecule has 0 radical (unpaired) electrons. The van der Waals surface area contributed by atoms with Crippen LogP contribution in [0.3, 0.4) is 0 Å². The predicted octanol–water partition coefficient (Wildman–Crippen LogP) is 14.6. The first-order valence-corrected chi connectivity index (χ1v) is 21.5. The molecule has 0 amide bonds. The van der Waals surface area contributed by atoms with E-state index in [0.29, 0.717) is 28.4 Å². The van der Waals surface area contributed by atoms with Crippen molar-refractivity contribution >= 4 is 50.6 Å². The van der Waals surface area contributed by atoms with Gasteiger partial charge in [-0.05, 0) is 127 Å². The zero-order valence-electron chi connectivity index (χ0n) is 43.6. The van der Waals surface area contributed by atoms with Crippen LogP contribution in [0.5, 0.6) is 11.5 Å². The Hall–Kier alpha value is -6.71. The van der Waals surface area contributed by atoms with E-state index < -0.39 is 13.7 Å². The number of rotatable bonds is 7. The van der Waals surface area contributed by atoms with Crippen molar-refractivity contribution in [2.75, 3.05) is 0 Å². The van der Waals surface area contributed by atoms with Crippen LogP contribution in [-0.4, -0.2) is 20.5 Å². The largest absolute Gasteiger partial charge is 2.00 e. The van der Waals surface area contributed by atoms with Gasteiger partial charge in [0.1, 0.15) is 11.5 Å². The van der Waals surface area contributed by atoms with Gasteiger partial charge in [-0.2, -0.15) is 6.07 Å². The summed E-state index contributed by atoms with van der Waals surface area (Å²) in [4.78, 5) is 9.78. The zero-order chi connectivity index (χ0) is 49.6. The van der Waals surface area contributed by atoms with E-state index in [-0.39, 0.29) is 43.2 Å². The zero-order valence-corrected chi connectivity index (χ0v) is 39.9. The molecular formula is C58H51N5OPt+2. The van der Waals surface area contributed by atoms with Gasteiger partial charge in [0.15, 0.2) is 0 Å². The summed E-state index contributed by atoms with van der Waals surface area (Å²) >= 11 is 0. The van der Waals surface area contributed by atoms with Crippen molar-refractivity contribution in [1.29, 1.82) is 0 Å². The normalized spacial score (nSPS) is 14.0. The number of nitrogens with zero attached hydrogens (tertiary/aromatic N) is 5. The Balaban J connectivity index is 0.00000624. The Kier molecular flexibility index (Phi) is 9.40. The summed E-state index contributed by atoms with van der Waals surface area (Å²) < 4.78 is 63.7. The Morgan fingerprint density at radius 3 is 2.06 bits per heavy atom. The number of para-hydroxylation sites is 3. The van der Waals surface area contributed by atoms with Crippen molar-refractivity contribution in [3.8, 4) is 39.6 Å². The number of ether oxygens (including phenoxy) is 1. The quantitative estimate of drug-likeness (QED) is 0.118. The number of hydrogen-bond acceptors (Lipinski definition) is 3. The number of hydrogen-bond donors (Lipinski definition) is 0. The van der Waals surface area contributed by atoms with Gasteiger partial charge in [-0.1, -0.05) is 103 Å². The second kappa shape index (κ2) is 16.7. The fraction of sp³-hybridized carbons (Fsp3) is 0.190. The van der Waals surface area contributed by atoms with Crippen LogP contribution in [-0.2, 0) is 26.5 Å². The van der Waals surface area contributed by atoms with Gasteiger partial charge in [0.25, 0.3) is 11.4 Å². The second-order valence-corrected chi connectivity index (χ2v) is 17.8. The minimum absolute atomic E-state index is 0. The van der Waals surface area contributed by atoms with E-state index in [1.165, 1.54) is 18.2 Å². The van der Waals surface area contributed by atoms with Crippen LogP contribution in [0.15, 0.2) is 128 Å². The van der Waals surface area contributed by atoms with Crippen molar-refractivity contribution in [3.63, 3.8) is 0 Å². The maximum Gasteiger partial charge on any atom is 2.00 e. The Bertz CT molecular complexity index is 3650. The van der Waals surface area contributed by atoms with Crippen LogP contribution in [0.2, 0.25) is 0 Å². The average Bonchev–Trinajstić information content (AvgIpc) is 3.84. The van der Waals surface area contributed by atoms with E-state index in [0.717, 1.165) is 83.8 Å². The van der Waals surface area contributed by atoms with Crippen LogP contribution in [0.4, 0.5) is 22.7 Å². The molecule has 65 heavy (non-hydrogen) atoms. The molecule has 0 aliphatic carbocycles. The molecule has 9 aromatic rings. The van der Waals surface area contributed by atoms with E-state index in [2.05, 4.69) is 107 Å². The molecule has 4 heterocycles. The van der Waals surface area contributed by atoms with Crippen LogP contribution < -0.4 is 13.9 Å². The molecule has 1 aliphatic heterocycles. The first kappa shape index (κ1) is 36.6. The minimum Gasteiger partial charge on any atom is -0.509 e. The molecule has 0 unspecified atom stereocenters. The Labute approximate surface area is 405 Å². The first-order chi connectivity index (χ1) is 33.2. The maximum absolute atomic E-state index is 8.49. The molecule has 10 rings (SSSR count). The fourth-order valence-corrected chi connectivity index (χ4v) is 9.32. The molecule has 0 bridgehead atoms. The molecule has 1 aliphatic rings. The first-order valence-electron chi connectivity index (χ1n) is 24.5. The van der Waals surface area contributed by atoms with Gasteiger partial charge < -0.3 is 9.30 Å². The van der Waals surface area contributed by atoms with E-state index in [1.807, 2.05) is 77.7 Å². The molecule has 6 aromatic carbocycles. The summed E-state index contributed by atoms with van der Waals surface area (Å²) in [5.41, 5.74) is 13.1. The number of aromatic nitrogens is 3. The van der Waals surface area contributed by atoms with Gasteiger partial charge in [-0.15, -0.1) is 29.1 Å². The van der Waals surface area contributed by atoms with E-state index in [9.17, 15) is 0 Å². The minimum atomic E-state index is -2.59. The maximum atomic E-state index is 8.49. The Morgan fingerprint density at radius 2 is 1.35 bits per heavy atom. The van der Waals surface area contributed by atoms with Crippen LogP contribution in [0, 0.1) is 60.5 Å². The molecule has 0 N–H and O–H groups in total. The topological polar surface area (TPSA) is 46.0 Å². The van der Waals surface area contributed by atoms with Gasteiger partial charge in [0, 0.05) is 49.8 Å². The number of aryl methyl sites for hydroxylation is 7. The number of fused-ring (bicyclic) bond motifs is 4. The number of benzene rings is 6. The predicted molar refractivity (Wildman–Crippen MR) is 264 cm³/mol. The summed E-state index contributed by atoms with van der Waals surface area (Å²) in [7, 11) is 0. The third-order valence-electron chi connectivity index (χ3n) is 12.1. The van der Waals surface area contributed by atoms with Crippen LogP contribution >= 0.6 is 0 Å². The molecular weight excluding hydrogens is 978 g/mol. The third-order valence-corrected chi connectivity index (χ3v) is 12.1. The van der Waals surface area contributed by atoms with Gasteiger partial charge >= 0.3 is 27.1 Å². The van der Waals surface area contributed by atoms with Crippen molar-refractivity contribution in [2.45, 2.75) is 74.5 Å². The van der Waals surface area contributed by atoms with Crippen LogP contribution in [0.25, 0.3) is 49.9 Å². The monoisotopic (exact) mass is 1030 g/mol. The summed E-state index contributed by atoms with van der Waals surface area (Å²) in [5.74, 6) is 1.68. The standard InChI is InChI=1S/C58H51N5O.Pt/c1-35-26-38(4)55(39(5)27-35)42-29-44(61-34-62(52-21-14-13-20-51(52)61)50-19-12-11-18-48(50)56-36(2)16-15-17-37(56)3)32-46(30-42)64-45-22-23-47-49-28-40(6)60-41(7)57(49)63(53(47)33-45)54-31-43(24-25-59-54)58(8,9)10;/h11-31H,1-10H3;/q;+2/i2D3,3D3;. The molecule has 322 valence electrons. The van der Waals surface area contributed by atoms with Gasteiger partial charge in [-0.3, -0.25) is 4.98 Å². The van der Waals surface area contributed by atoms with E-state index in [1.54, 1.807) is 12.1 Å². The fourth-order valence-electron chi connectivity index (χ4n) is 9.32. The van der Waals surface area contributed by atoms with Crippen LogP contribution in [0.1, 0.15) is 73.8 Å². The van der Waals surface area contributed by atoms with E-state index >= 15 is 0 Å². The molecule has 3 aromatic heterocycles. The van der Waals surface area contributed by atoms with Gasteiger partial charge in [0.2, 0.25) is 5.69 Å². The molecule has 0 spiro atoms. The summed E-state index contributed by atoms with van der Waals surface area (Å²) in [6, 6.07) is 49.1. The average molecular weight is 1040 g/mol.